The summed E-state index contributed by atoms with van der Waals surface area (Å²) in [7, 11) is 0. The lowest BCUT2D eigenvalue weighted by Crippen LogP contribution is -2.27. The summed E-state index contributed by atoms with van der Waals surface area (Å²) in [4.78, 5) is 37.1. The zero-order valence-electron chi connectivity index (χ0n) is 13.0. The third-order valence-corrected chi connectivity index (χ3v) is 4.25. The molecule has 0 aromatic heterocycles. The van der Waals surface area contributed by atoms with Crippen LogP contribution < -0.4 is 15.4 Å². The van der Waals surface area contributed by atoms with Gasteiger partial charge in [-0.25, -0.2) is 4.90 Å². The van der Waals surface area contributed by atoms with Crippen molar-refractivity contribution in [2.75, 3.05) is 11.5 Å². The average molecular weight is 354 g/mol. The standard InChI is InChI=1S/C18H14N2O4S/c19-16(21)11-24-14-9-5-4-6-12(14)10-15-17(22)20(18(23)25-15)13-7-2-1-3-8-13/h1-10H,11H2,(H2,19,21)/b15-10-. The number of nitrogens with zero attached hydrogens (tertiary/aromatic N) is 1. The van der Waals surface area contributed by atoms with Crippen molar-refractivity contribution >= 4 is 40.6 Å². The van der Waals surface area contributed by atoms with Crippen LogP contribution in [-0.2, 0) is 9.59 Å². The minimum Gasteiger partial charge on any atom is -0.483 e. The van der Waals surface area contributed by atoms with Crippen LogP contribution in [0.15, 0.2) is 59.5 Å². The summed E-state index contributed by atoms with van der Waals surface area (Å²) in [5.74, 6) is -0.585. The van der Waals surface area contributed by atoms with Crippen molar-refractivity contribution in [1.29, 1.82) is 0 Å². The number of carbonyl (C=O) groups is 3. The van der Waals surface area contributed by atoms with E-state index in [1.54, 1.807) is 54.6 Å². The fourth-order valence-corrected chi connectivity index (χ4v) is 3.12. The molecule has 126 valence electrons. The molecule has 0 bridgehead atoms. The number of hydrogen-bond acceptors (Lipinski definition) is 5. The largest absolute Gasteiger partial charge is 0.483 e. The van der Waals surface area contributed by atoms with E-state index in [4.69, 9.17) is 10.5 Å². The number of carbonyl (C=O) groups excluding carboxylic acids is 3. The lowest BCUT2D eigenvalue weighted by Gasteiger charge is -2.11. The monoisotopic (exact) mass is 354 g/mol. The quantitative estimate of drug-likeness (QED) is 0.834. The van der Waals surface area contributed by atoms with E-state index in [0.29, 0.717) is 17.0 Å². The van der Waals surface area contributed by atoms with E-state index in [-0.39, 0.29) is 16.8 Å². The molecule has 2 N–H and O–H groups in total. The van der Waals surface area contributed by atoms with Gasteiger partial charge in [-0.3, -0.25) is 14.4 Å². The molecule has 1 fully saturated rings. The van der Waals surface area contributed by atoms with E-state index in [0.717, 1.165) is 16.7 Å². The van der Waals surface area contributed by atoms with Gasteiger partial charge in [-0.1, -0.05) is 36.4 Å². The van der Waals surface area contributed by atoms with Crippen molar-refractivity contribution in [1.82, 2.24) is 0 Å². The third kappa shape index (κ3) is 3.72. The third-order valence-electron chi connectivity index (χ3n) is 3.38. The van der Waals surface area contributed by atoms with Crippen LogP contribution >= 0.6 is 11.8 Å². The molecule has 2 aromatic carbocycles. The number of benzene rings is 2. The topological polar surface area (TPSA) is 89.7 Å². The van der Waals surface area contributed by atoms with Crippen LogP contribution in [0.25, 0.3) is 6.08 Å². The number of thioether (sulfide) groups is 1. The smallest absolute Gasteiger partial charge is 0.298 e. The van der Waals surface area contributed by atoms with Crippen molar-refractivity contribution in [2.24, 2.45) is 5.73 Å². The van der Waals surface area contributed by atoms with Crippen LogP contribution in [0.5, 0.6) is 5.75 Å². The zero-order valence-corrected chi connectivity index (χ0v) is 13.9. The van der Waals surface area contributed by atoms with Crippen molar-refractivity contribution in [3.8, 4) is 5.75 Å². The van der Waals surface area contributed by atoms with E-state index >= 15 is 0 Å². The van der Waals surface area contributed by atoms with Crippen molar-refractivity contribution in [3.63, 3.8) is 0 Å². The molecule has 3 amide bonds. The Labute approximate surface area is 148 Å². The molecule has 1 saturated heterocycles. The molecule has 1 aliphatic heterocycles. The highest BCUT2D eigenvalue weighted by atomic mass is 32.2. The first-order chi connectivity index (χ1) is 12.1. The summed E-state index contributed by atoms with van der Waals surface area (Å²) in [6.45, 7) is -0.268. The molecule has 0 radical (unpaired) electrons. The van der Waals surface area contributed by atoms with E-state index in [1.165, 1.54) is 0 Å². The van der Waals surface area contributed by atoms with Gasteiger partial charge in [0.15, 0.2) is 6.61 Å². The van der Waals surface area contributed by atoms with Crippen molar-refractivity contribution in [3.05, 3.63) is 65.1 Å². The van der Waals surface area contributed by atoms with Gasteiger partial charge in [0, 0.05) is 5.56 Å². The predicted octanol–water partition coefficient (Wildman–Crippen LogP) is 2.79. The summed E-state index contributed by atoms with van der Waals surface area (Å²) in [5, 5.41) is -0.363. The first kappa shape index (κ1) is 16.8. The molecule has 0 saturated carbocycles. The Kier molecular flexibility index (Phi) is 4.85. The highest BCUT2D eigenvalue weighted by Gasteiger charge is 2.36. The van der Waals surface area contributed by atoms with E-state index < -0.39 is 11.8 Å². The Bertz CT molecular complexity index is 864. The molecule has 1 aliphatic rings. The normalized spacial score (nSPS) is 15.7. The second kappa shape index (κ2) is 7.23. The Morgan fingerprint density at radius 2 is 1.76 bits per heavy atom. The number of para-hydroxylation sites is 2. The van der Waals surface area contributed by atoms with Gasteiger partial charge >= 0.3 is 0 Å². The second-order valence-electron chi connectivity index (χ2n) is 5.15. The van der Waals surface area contributed by atoms with Crippen molar-refractivity contribution < 1.29 is 19.1 Å². The van der Waals surface area contributed by atoms with Gasteiger partial charge in [-0.15, -0.1) is 0 Å². The summed E-state index contributed by atoms with van der Waals surface area (Å²) in [5.41, 5.74) is 6.19. The molecule has 0 unspecified atom stereocenters. The number of primary amides is 1. The molecule has 7 heteroatoms. The highest BCUT2D eigenvalue weighted by Crippen LogP contribution is 2.36. The summed E-state index contributed by atoms with van der Waals surface area (Å²) in [6, 6.07) is 15.6. The number of amides is 3. The molecular formula is C18H14N2O4S. The summed E-state index contributed by atoms with van der Waals surface area (Å²) in [6.07, 6.45) is 1.57. The molecule has 0 aliphatic carbocycles. The Balaban J connectivity index is 1.89. The Morgan fingerprint density at radius 1 is 1.08 bits per heavy atom. The van der Waals surface area contributed by atoms with E-state index in [9.17, 15) is 14.4 Å². The average Bonchev–Trinajstić information content (AvgIpc) is 2.88. The molecule has 3 rings (SSSR count). The number of ether oxygens (including phenoxy) is 1. The number of hydrogen-bond donors (Lipinski definition) is 1. The van der Waals surface area contributed by atoms with Gasteiger partial charge in [0.05, 0.1) is 10.6 Å². The van der Waals surface area contributed by atoms with Crippen molar-refractivity contribution in [2.45, 2.75) is 0 Å². The van der Waals surface area contributed by atoms with E-state index in [1.807, 2.05) is 6.07 Å². The maximum Gasteiger partial charge on any atom is 0.298 e. The first-order valence-electron chi connectivity index (χ1n) is 7.39. The number of imide groups is 1. The molecule has 0 atom stereocenters. The fraction of sp³-hybridized carbons (Fsp3) is 0.0556. The van der Waals surface area contributed by atoms with Gasteiger partial charge < -0.3 is 10.5 Å². The molecule has 6 nitrogen and oxygen atoms in total. The van der Waals surface area contributed by atoms with Gasteiger partial charge in [0.1, 0.15) is 5.75 Å². The first-order valence-corrected chi connectivity index (χ1v) is 8.21. The Morgan fingerprint density at radius 3 is 2.48 bits per heavy atom. The molecule has 2 aromatic rings. The van der Waals surface area contributed by atoms with Crippen LogP contribution in [-0.4, -0.2) is 23.7 Å². The zero-order chi connectivity index (χ0) is 17.8. The van der Waals surface area contributed by atoms with Crippen LogP contribution in [0.2, 0.25) is 0 Å². The summed E-state index contributed by atoms with van der Waals surface area (Å²) >= 11 is 0.856. The Hall–Kier alpha value is -3.06. The lowest BCUT2D eigenvalue weighted by atomic mass is 10.2. The maximum absolute atomic E-state index is 12.6. The fourth-order valence-electron chi connectivity index (χ4n) is 2.29. The van der Waals surface area contributed by atoms with Gasteiger partial charge in [-0.2, -0.15) is 0 Å². The lowest BCUT2D eigenvalue weighted by molar-refractivity contribution is -0.120. The van der Waals surface area contributed by atoms with Crippen LogP contribution in [0.3, 0.4) is 0 Å². The molecule has 25 heavy (non-hydrogen) atoms. The van der Waals surface area contributed by atoms with E-state index in [2.05, 4.69) is 0 Å². The predicted molar refractivity (Wildman–Crippen MR) is 96.0 cm³/mol. The van der Waals surface area contributed by atoms with Crippen LogP contribution in [0.1, 0.15) is 5.56 Å². The van der Waals surface area contributed by atoms with Gasteiger partial charge in [0.25, 0.3) is 17.1 Å². The van der Waals surface area contributed by atoms with Crippen LogP contribution in [0.4, 0.5) is 10.5 Å². The highest BCUT2D eigenvalue weighted by molar-refractivity contribution is 8.19. The molecular weight excluding hydrogens is 340 g/mol. The second-order valence-corrected chi connectivity index (χ2v) is 6.14. The van der Waals surface area contributed by atoms with Crippen LogP contribution in [0, 0.1) is 0 Å². The minimum absolute atomic E-state index is 0.268. The SMILES string of the molecule is NC(=O)COc1ccccc1/C=C1\SC(=O)N(c2ccccc2)C1=O. The number of nitrogens with two attached hydrogens (primary N) is 1. The number of rotatable bonds is 5. The van der Waals surface area contributed by atoms with Gasteiger partial charge in [0.2, 0.25) is 0 Å². The molecule has 1 heterocycles. The summed E-state index contributed by atoms with van der Waals surface area (Å²) < 4.78 is 5.34. The molecule has 0 spiro atoms. The maximum atomic E-state index is 12.6. The minimum atomic E-state index is -0.598. The van der Waals surface area contributed by atoms with Gasteiger partial charge in [-0.05, 0) is 36.0 Å². The number of anilines is 1.